The molecule has 1 aliphatic rings. The lowest BCUT2D eigenvalue weighted by molar-refractivity contribution is -0.118. The van der Waals surface area contributed by atoms with Crippen molar-refractivity contribution in [1.82, 2.24) is 0 Å². The smallest absolute Gasteiger partial charge is 0.220 e. The summed E-state index contributed by atoms with van der Waals surface area (Å²) in [5, 5.41) is 3.37. The lowest BCUT2D eigenvalue weighted by atomic mass is 10.1. The minimum atomic E-state index is -0.353. The van der Waals surface area contributed by atoms with Crippen LogP contribution in [-0.4, -0.2) is 32.3 Å². The zero-order valence-corrected chi connectivity index (χ0v) is 10.9. The Labute approximate surface area is 113 Å². The number of carbonyl (C=O) groups excluding carboxylic acids is 1. The predicted molar refractivity (Wildman–Crippen MR) is 73.2 cm³/mol. The number of carbonyl (C=O) groups is 1. The molecule has 0 spiro atoms. The molecule has 1 aromatic carbocycles. The molecular formula is C14H20N2O3. The van der Waals surface area contributed by atoms with Crippen LogP contribution >= 0.6 is 0 Å². The molecule has 0 radical (unpaired) electrons. The third kappa shape index (κ3) is 4.44. The van der Waals surface area contributed by atoms with Gasteiger partial charge in [0.15, 0.2) is 0 Å². The van der Waals surface area contributed by atoms with Crippen LogP contribution in [0.3, 0.4) is 0 Å². The third-order valence-corrected chi connectivity index (χ3v) is 3.10. The number of nitrogens with two attached hydrogens (primary N) is 1. The fraction of sp³-hybridized carbons (Fsp3) is 0.500. The minimum absolute atomic E-state index is 0.227. The van der Waals surface area contributed by atoms with E-state index in [2.05, 4.69) is 5.32 Å². The summed E-state index contributed by atoms with van der Waals surface area (Å²) in [6, 6.07) is 7.71. The van der Waals surface area contributed by atoms with E-state index in [1.807, 2.05) is 24.3 Å². The number of amides is 1. The highest BCUT2D eigenvalue weighted by molar-refractivity contribution is 5.73. The van der Waals surface area contributed by atoms with Gasteiger partial charge in [0.25, 0.3) is 0 Å². The Morgan fingerprint density at radius 1 is 1.47 bits per heavy atom. The van der Waals surface area contributed by atoms with Gasteiger partial charge < -0.3 is 20.5 Å². The van der Waals surface area contributed by atoms with E-state index in [1.165, 1.54) is 0 Å². The maximum Gasteiger partial charge on any atom is 0.220 e. The lowest BCUT2D eigenvalue weighted by Gasteiger charge is -2.15. The van der Waals surface area contributed by atoms with Crippen molar-refractivity contribution < 1.29 is 14.3 Å². The molecule has 0 aromatic heterocycles. The molecule has 1 atom stereocenters. The molecule has 1 aromatic rings. The first-order valence-electron chi connectivity index (χ1n) is 6.57. The number of rotatable bonds is 7. The number of primary amides is 1. The maximum atomic E-state index is 10.7. The van der Waals surface area contributed by atoms with Gasteiger partial charge in [-0.3, -0.25) is 4.79 Å². The number of anilines is 1. The topological polar surface area (TPSA) is 73.6 Å². The quantitative estimate of drug-likeness (QED) is 0.780. The van der Waals surface area contributed by atoms with E-state index in [-0.39, 0.29) is 12.3 Å². The van der Waals surface area contributed by atoms with Gasteiger partial charge in [-0.15, -0.1) is 0 Å². The molecule has 0 saturated carbocycles. The number of para-hydroxylation sites is 2. The number of hydrogen-bond donors (Lipinski definition) is 2. The van der Waals surface area contributed by atoms with Gasteiger partial charge in [0, 0.05) is 19.1 Å². The number of nitrogens with one attached hydrogen (secondary N) is 1. The van der Waals surface area contributed by atoms with Crippen LogP contribution in [0.2, 0.25) is 0 Å². The Hall–Kier alpha value is -1.75. The molecule has 0 aliphatic carbocycles. The first kappa shape index (κ1) is 13.7. The Morgan fingerprint density at radius 2 is 2.32 bits per heavy atom. The highest BCUT2D eigenvalue weighted by atomic mass is 16.5. The van der Waals surface area contributed by atoms with Crippen LogP contribution < -0.4 is 15.8 Å². The summed E-state index contributed by atoms with van der Waals surface area (Å²) in [6.07, 6.45) is 1.32. The van der Waals surface area contributed by atoms with E-state index in [0.717, 1.165) is 37.6 Å². The Kier molecular flexibility index (Phi) is 5.03. The molecule has 5 nitrogen and oxygen atoms in total. The second-order valence-corrected chi connectivity index (χ2v) is 4.67. The number of benzene rings is 1. The molecule has 1 unspecified atom stereocenters. The summed E-state index contributed by atoms with van der Waals surface area (Å²) in [5.74, 6) is 0.954. The van der Waals surface area contributed by atoms with Gasteiger partial charge >= 0.3 is 0 Å². The molecule has 1 heterocycles. The van der Waals surface area contributed by atoms with Crippen molar-refractivity contribution in [3.05, 3.63) is 24.3 Å². The van der Waals surface area contributed by atoms with E-state index < -0.39 is 0 Å². The van der Waals surface area contributed by atoms with Crippen LogP contribution in [0.1, 0.15) is 12.8 Å². The van der Waals surface area contributed by atoms with Gasteiger partial charge in [-0.1, -0.05) is 12.1 Å². The van der Waals surface area contributed by atoms with E-state index >= 15 is 0 Å². The average molecular weight is 264 g/mol. The highest BCUT2D eigenvalue weighted by Gasteiger charge is 2.15. The molecule has 1 amide bonds. The van der Waals surface area contributed by atoms with Crippen molar-refractivity contribution >= 4 is 11.6 Å². The zero-order valence-electron chi connectivity index (χ0n) is 10.9. The number of hydrogen-bond acceptors (Lipinski definition) is 4. The van der Waals surface area contributed by atoms with Crippen molar-refractivity contribution in [3.8, 4) is 5.75 Å². The largest absolute Gasteiger partial charge is 0.491 e. The van der Waals surface area contributed by atoms with E-state index in [4.69, 9.17) is 15.2 Å². The lowest BCUT2D eigenvalue weighted by Crippen LogP contribution is -2.16. The molecule has 1 aliphatic heterocycles. The third-order valence-electron chi connectivity index (χ3n) is 3.10. The Morgan fingerprint density at radius 3 is 3.05 bits per heavy atom. The molecule has 2 rings (SSSR count). The molecule has 104 valence electrons. The molecular weight excluding hydrogens is 244 g/mol. The summed E-state index contributed by atoms with van der Waals surface area (Å²) in [5.41, 5.74) is 6.03. The van der Waals surface area contributed by atoms with Gasteiger partial charge in [0.2, 0.25) is 5.91 Å². The fourth-order valence-corrected chi connectivity index (χ4v) is 2.00. The summed E-state index contributed by atoms with van der Waals surface area (Å²) in [4.78, 5) is 10.7. The van der Waals surface area contributed by atoms with Crippen LogP contribution in [0.25, 0.3) is 0 Å². The number of ether oxygens (including phenoxy) is 2. The van der Waals surface area contributed by atoms with Crippen molar-refractivity contribution in [1.29, 1.82) is 0 Å². The van der Waals surface area contributed by atoms with Crippen LogP contribution in [0.15, 0.2) is 24.3 Å². The second kappa shape index (κ2) is 6.99. The summed E-state index contributed by atoms with van der Waals surface area (Å²) >= 11 is 0. The van der Waals surface area contributed by atoms with E-state index in [0.29, 0.717) is 12.5 Å². The van der Waals surface area contributed by atoms with Crippen molar-refractivity contribution in [2.75, 3.05) is 31.7 Å². The van der Waals surface area contributed by atoms with E-state index in [1.54, 1.807) is 0 Å². The Bertz CT molecular complexity index is 417. The normalized spacial score (nSPS) is 18.2. The summed E-state index contributed by atoms with van der Waals surface area (Å²) in [6.45, 7) is 2.84. The van der Waals surface area contributed by atoms with Gasteiger partial charge in [-0.2, -0.15) is 0 Å². The van der Waals surface area contributed by atoms with Gasteiger partial charge in [0.1, 0.15) is 5.75 Å². The molecule has 5 heteroatoms. The second-order valence-electron chi connectivity index (χ2n) is 4.67. The average Bonchev–Trinajstić information content (AvgIpc) is 2.90. The summed E-state index contributed by atoms with van der Waals surface area (Å²) in [7, 11) is 0. The molecule has 0 bridgehead atoms. The Balaban J connectivity index is 1.85. The van der Waals surface area contributed by atoms with Crippen molar-refractivity contribution in [2.24, 2.45) is 11.7 Å². The van der Waals surface area contributed by atoms with Gasteiger partial charge in [-0.25, -0.2) is 0 Å². The molecule has 1 saturated heterocycles. The molecule has 1 fully saturated rings. The SMILES string of the molecule is NC(=O)CCOc1ccccc1NCC1CCOC1. The van der Waals surface area contributed by atoms with Crippen LogP contribution in [0.4, 0.5) is 5.69 Å². The molecule has 19 heavy (non-hydrogen) atoms. The highest BCUT2D eigenvalue weighted by Crippen LogP contribution is 2.25. The van der Waals surface area contributed by atoms with E-state index in [9.17, 15) is 4.79 Å². The zero-order chi connectivity index (χ0) is 13.5. The minimum Gasteiger partial charge on any atom is -0.491 e. The van der Waals surface area contributed by atoms with Gasteiger partial charge in [0.05, 0.1) is 25.3 Å². The predicted octanol–water partition coefficient (Wildman–Crippen LogP) is 1.39. The van der Waals surface area contributed by atoms with Crippen LogP contribution in [0.5, 0.6) is 5.75 Å². The maximum absolute atomic E-state index is 10.7. The standard InChI is InChI=1S/C14H20N2O3/c15-14(17)6-8-19-13-4-2-1-3-12(13)16-9-11-5-7-18-10-11/h1-4,11,16H,5-10H2,(H2,15,17). The monoisotopic (exact) mass is 264 g/mol. The van der Waals surface area contributed by atoms with Crippen LogP contribution in [0, 0.1) is 5.92 Å². The first-order valence-corrected chi connectivity index (χ1v) is 6.57. The van der Waals surface area contributed by atoms with Gasteiger partial charge in [-0.05, 0) is 18.6 Å². The van der Waals surface area contributed by atoms with Crippen LogP contribution in [-0.2, 0) is 9.53 Å². The fourth-order valence-electron chi connectivity index (χ4n) is 2.00. The van der Waals surface area contributed by atoms with Crippen molar-refractivity contribution in [2.45, 2.75) is 12.8 Å². The molecule has 3 N–H and O–H groups in total. The summed E-state index contributed by atoms with van der Waals surface area (Å²) < 4.78 is 10.9. The first-order chi connectivity index (χ1) is 9.25. The van der Waals surface area contributed by atoms with Crippen molar-refractivity contribution in [3.63, 3.8) is 0 Å².